The average molecular weight is 250 g/mol. The van der Waals surface area contributed by atoms with Crippen LogP contribution in [0.2, 0.25) is 0 Å². The predicted octanol–water partition coefficient (Wildman–Crippen LogP) is 0.567. The van der Waals surface area contributed by atoms with Crippen LogP contribution in [-0.2, 0) is 21.0 Å². The SMILES string of the molecule is O=C(CNOCc1ccccc1)N1CCOCC1. The molecule has 1 aliphatic rings. The Balaban J connectivity index is 1.61. The number of morpholine rings is 1. The van der Waals surface area contributed by atoms with Crippen LogP contribution in [0.3, 0.4) is 0 Å². The number of carbonyl (C=O) groups excluding carboxylic acids is 1. The van der Waals surface area contributed by atoms with Crippen molar-refractivity contribution in [1.29, 1.82) is 0 Å². The van der Waals surface area contributed by atoms with Crippen LogP contribution in [0.25, 0.3) is 0 Å². The Morgan fingerprint density at radius 1 is 1.28 bits per heavy atom. The van der Waals surface area contributed by atoms with Crippen LogP contribution in [0.5, 0.6) is 0 Å². The van der Waals surface area contributed by atoms with Gasteiger partial charge < -0.3 is 9.64 Å². The largest absolute Gasteiger partial charge is 0.378 e. The van der Waals surface area contributed by atoms with Crippen molar-refractivity contribution >= 4 is 5.91 Å². The summed E-state index contributed by atoms with van der Waals surface area (Å²) in [6.45, 7) is 3.23. The van der Waals surface area contributed by atoms with Gasteiger partial charge >= 0.3 is 0 Å². The van der Waals surface area contributed by atoms with E-state index >= 15 is 0 Å². The maximum Gasteiger partial charge on any atom is 0.239 e. The normalized spacial score (nSPS) is 15.7. The third-order valence-corrected chi connectivity index (χ3v) is 2.77. The minimum atomic E-state index is 0.0476. The van der Waals surface area contributed by atoms with Gasteiger partial charge in [-0.2, -0.15) is 5.48 Å². The molecule has 0 radical (unpaired) electrons. The summed E-state index contributed by atoms with van der Waals surface area (Å²) < 4.78 is 5.19. The number of carbonyl (C=O) groups is 1. The van der Waals surface area contributed by atoms with Crippen molar-refractivity contribution in [3.63, 3.8) is 0 Å². The molecular formula is C13H18N2O3. The minimum Gasteiger partial charge on any atom is -0.378 e. The van der Waals surface area contributed by atoms with E-state index in [9.17, 15) is 4.79 Å². The standard InChI is InChI=1S/C13H18N2O3/c16-13(15-6-8-17-9-7-15)10-14-18-11-12-4-2-1-3-5-12/h1-5,14H,6-11H2. The number of benzene rings is 1. The van der Waals surface area contributed by atoms with Gasteiger partial charge in [-0.15, -0.1) is 0 Å². The molecule has 1 N–H and O–H groups in total. The Kier molecular flexibility index (Phi) is 5.14. The van der Waals surface area contributed by atoms with Crippen molar-refractivity contribution < 1.29 is 14.4 Å². The summed E-state index contributed by atoms with van der Waals surface area (Å²) >= 11 is 0. The zero-order valence-electron chi connectivity index (χ0n) is 10.3. The van der Waals surface area contributed by atoms with E-state index in [2.05, 4.69) is 5.48 Å². The van der Waals surface area contributed by atoms with Crippen molar-refractivity contribution in [2.45, 2.75) is 6.61 Å². The quantitative estimate of drug-likeness (QED) is 0.613. The van der Waals surface area contributed by atoms with Gasteiger partial charge in [0.05, 0.1) is 19.8 Å². The van der Waals surface area contributed by atoms with Gasteiger partial charge in [-0.3, -0.25) is 9.63 Å². The zero-order chi connectivity index (χ0) is 12.6. The third kappa shape index (κ3) is 4.10. The lowest BCUT2D eigenvalue weighted by atomic mass is 10.2. The molecule has 0 bridgehead atoms. The van der Waals surface area contributed by atoms with Crippen LogP contribution < -0.4 is 5.48 Å². The lowest BCUT2D eigenvalue weighted by Gasteiger charge is -2.26. The second-order valence-corrected chi connectivity index (χ2v) is 4.09. The molecule has 0 unspecified atom stereocenters. The van der Waals surface area contributed by atoms with Gasteiger partial charge in [0.25, 0.3) is 0 Å². The lowest BCUT2D eigenvalue weighted by Crippen LogP contribution is -2.44. The fourth-order valence-electron chi connectivity index (χ4n) is 1.75. The van der Waals surface area contributed by atoms with Crippen LogP contribution in [0.4, 0.5) is 0 Å². The van der Waals surface area contributed by atoms with Crippen LogP contribution in [0, 0.1) is 0 Å². The first-order valence-corrected chi connectivity index (χ1v) is 6.10. The molecule has 1 aromatic carbocycles. The predicted molar refractivity (Wildman–Crippen MR) is 66.6 cm³/mol. The Labute approximate surface area is 107 Å². The molecule has 0 spiro atoms. The summed E-state index contributed by atoms with van der Waals surface area (Å²) in [4.78, 5) is 18.8. The number of nitrogens with one attached hydrogen (secondary N) is 1. The van der Waals surface area contributed by atoms with Gasteiger partial charge in [0.2, 0.25) is 5.91 Å². The number of hydroxylamine groups is 1. The van der Waals surface area contributed by atoms with Crippen molar-refractivity contribution in [1.82, 2.24) is 10.4 Å². The van der Waals surface area contributed by atoms with Crippen LogP contribution in [0.1, 0.15) is 5.56 Å². The van der Waals surface area contributed by atoms with Gasteiger partial charge in [-0.05, 0) is 5.56 Å². The summed E-state index contributed by atoms with van der Waals surface area (Å²) in [7, 11) is 0. The summed E-state index contributed by atoms with van der Waals surface area (Å²) in [6.07, 6.45) is 0. The molecule has 0 aliphatic carbocycles. The highest BCUT2D eigenvalue weighted by atomic mass is 16.6. The fraction of sp³-hybridized carbons (Fsp3) is 0.462. The van der Waals surface area contributed by atoms with E-state index < -0.39 is 0 Å². The van der Waals surface area contributed by atoms with Gasteiger partial charge in [0.15, 0.2) is 0 Å². The molecule has 0 atom stereocenters. The highest BCUT2D eigenvalue weighted by Crippen LogP contribution is 1.99. The molecule has 5 nitrogen and oxygen atoms in total. The molecule has 5 heteroatoms. The van der Waals surface area contributed by atoms with Crippen LogP contribution in [0.15, 0.2) is 30.3 Å². The number of rotatable bonds is 5. The molecule has 18 heavy (non-hydrogen) atoms. The molecule has 98 valence electrons. The molecule has 2 rings (SSSR count). The van der Waals surface area contributed by atoms with Crippen molar-refractivity contribution in [2.75, 3.05) is 32.8 Å². The van der Waals surface area contributed by atoms with Crippen LogP contribution >= 0.6 is 0 Å². The molecule has 1 saturated heterocycles. The lowest BCUT2D eigenvalue weighted by molar-refractivity contribution is -0.137. The van der Waals surface area contributed by atoms with Crippen molar-refractivity contribution in [3.8, 4) is 0 Å². The first-order chi connectivity index (χ1) is 8.86. The van der Waals surface area contributed by atoms with E-state index in [-0.39, 0.29) is 12.5 Å². The Morgan fingerprint density at radius 2 is 2.00 bits per heavy atom. The number of hydrogen-bond donors (Lipinski definition) is 1. The topological polar surface area (TPSA) is 50.8 Å². The number of nitrogens with zero attached hydrogens (tertiary/aromatic N) is 1. The first kappa shape index (κ1) is 13.0. The van der Waals surface area contributed by atoms with Gasteiger partial charge in [-0.25, -0.2) is 0 Å². The number of ether oxygens (including phenoxy) is 1. The fourth-order valence-corrected chi connectivity index (χ4v) is 1.75. The van der Waals surface area contributed by atoms with E-state index in [4.69, 9.17) is 9.57 Å². The second kappa shape index (κ2) is 7.10. The number of amides is 1. The van der Waals surface area contributed by atoms with E-state index in [0.717, 1.165) is 5.56 Å². The zero-order valence-corrected chi connectivity index (χ0v) is 10.3. The minimum absolute atomic E-state index is 0.0476. The van der Waals surface area contributed by atoms with Crippen molar-refractivity contribution in [2.24, 2.45) is 0 Å². The summed E-state index contributed by atoms with van der Waals surface area (Å²) in [5, 5.41) is 0. The third-order valence-electron chi connectivity index (χ3n) is 2.77. The second-order valence-electron chi connectivity index (χ2n) is 4.09. The summed E-state index contributed by atoms with van der Waals surface area (Å²) in [6, 6.07) is 9.82. The Bertz CT molecular complexity index is 364. The van der Waals surface area contributed by atoms with E-state index in [1.807, 2.05) is 30.3 Å². The van der Waals surface area contributed by atoms with Crippen LogP contribution in [-0.4, -0.2) is 43.7 Å². The molecule has 1 amide bonds. The highest BCUT2D eigenvalue weighted by Gasteiger charge is 2.15. The summed E-state index contributed by atoms with van der Waals surface area (Å²) in [5.41, 5.74) is 3.77. The molecule has 1 heterocycles. The Hall–Kier alpha value is -1.43. The van der Waals surface area contributed by atoms with Gasteiger partial charge in [-0.1, -0.05) is 30.3 Å². The Morgan fingerprint density at radius 3 is 2.72 bits per heavy atom. The van der Waals surface area contributed by atoms with Gasteiger partial charge in [0, 0.05) is 13.1 Å². The van der Waals surface area contributed by atoms with Crippen molar-refractivity contribution in [3.05, 3.63) is 35.9 Å². The monoisotopic (exact) mass is 250 g/mol. The molecular weight excluding hydrogens is 232 g/mol. The molecule has 1 aliphatic heterocycles. The highest BCUT2D eigenvalue weighted by molar-refractivity contribution is 5.78. The average Bonchev–Trinajstić information content (AvgIpc) is 2.45. The maximum absolute atomic E-state index is 11.7. The number of hydrogen-bond acceptors (Lipinski definition) is 4. The summed E-state index contributed by atoms with van der Waals surface area (Å²) in [5.74, 6) is 0.0476. The smallest absolute Gasteiger partial charge is 0.239 e. The van der Waals surface area contributed by atoms with E-state index in [0.29, 0.717) is 32.9 Å². The van der Waals surface area contributed by atoms with E-state index in [1.165, 1.54) is 0 Å². The first-order valence-electron chi connectivity index (χ1n) is 6.10. The molecule has 0 aromatic heterocycles. The molecule has 0 saturated carbocycles. The van der Waals surface area contributed by atoms with Gasteiger partial charge in [0.1, 0.15) is 6.54 Å². The molecule has 1 aromatic rings. The molecule has 1 fully saturated rings. The van der Waals surface area contributed by atoms with E-state index in [1.54, 1.807) is 4.90 Å². The maximum atomic E-state index is 11.7.